The van der Waals surface area contributed by atoms with Crippen molar-refractivity contribution in [1.29, 1.82) is 0 Å². The molecule has 1 heteroatoms. The van der Waals surface area contributed by atoms with Gasteiger partial charge in [0.15, 0.2) is 0 Å². The van der Waals surface area contributed by atoms with E-state index < -0.39 is 0 Å². The quantitative estimate of drug-likeness (QED) is 0.498. The van der Waals surface area contributed by atoms with Crippen LogP contribution in [0, 0.1) is 5.92 Å². The van der Waals surface area contributed by atoms with Crippen LogP contribution in [0.5, 0.6) is 0 Å². The van der Waals surface area contributed by atoms with Crippen molar-refractivity contribution in [2.45, 2.75) is 48.9 Å². The van der Waals surface area contributed by atoms with Crippen molar-refractivity contribution >= 4 is 21.1 Å². The Morgan fingerprint density at radius 2 is 1.80 bits per heavy atom. The Labute approximate surface area is 76.0 Å². The molecule has 0 saturated heterocycles. The predicted molar refractivity (Wildman–Crippen MR) is 49.7 cm³/mol. The van der Waals surface area contributed by atoms with E-state index in [4.69, 9.17) is 0 Å². The summed E-state index contributed by atoms with van der Waals surface area (Å²) in [7, 11) is 0. The summed E-state index contributed by atoms with van der Waals surface area (Å²) in [6.45, 7) is 4.63. The van der Waals surface area contributed by atoms with E-state index in [9.17, 15) is 0 Å². The van der Waals surface area contributed by atoms with E-state index in [-0.39, 0.29) is 21.1 Å². The van der Waals surface area contributed by atoms with Gasteiger partial charge in [0.25, 0.3) is 0 Å². The zero-order valence-corrected chi connectivity index (χ0v) is 10.5. The van der Waals surface area contributed by atoms with Crippen LogP contribution in [0.4, 0.5) is 0 Å². The Morgan fingerprint density at radius 3 is 2.30 bits per heavy atom. The number of rotatable bonds is 6. The number of unbranched alkanes of at least 4 members (excludes halogenated alkanes) is 2. The molecule has 10 heavy (non-hydrogen) atoms. The van der Waals surface area contributed by atoms with E-state index in [1.807, 2.05) is 0 Å². The second-order valence-corrected chi connectivity index (χ2v) is 6.79. The second kappa shape index (κ2) is 7.90. The topological polar surface area (TPSA) is 0 Å². The van der Waals surface area contributed by atoms with Crippen LogP contribution in [0.3, 0.4) is 0 Å². The van der Waals surface area contributed by atoms with Gasteiger partial charge in [-0.25, -0.2) is 0 Å². The van der Waals surface area contributed by atoms with Gasteiger partial charge in [0.1, 0.15) is 0 Å². The number of hydrogen-bond donors (Lipinski definition) is 0. The third kappa shape index (κ3) is 8.80. The first-order valence-corrected chi connectivity index (χ1v) is 9.29. The Kier molecular flexibility index (Phi) is 8.53. The molecule has 2 radical (unpaired) electrons. The fourth-order valence-corrected chi connectivity index (χ4v) is 2.75. The minimum absolute atomic E-state index is 0.144. The number of hydrogen-bond acceptors (Lipinski definition) is 0. The Balaban J connectivity index is 2.77. The van der Waals surface area contributed by atoms with Gasteiger partial charge in [-0.05, 0) is 0 Å². The molecule has 0 aliphatic carbocycles. The van der Waals surface area contributed by atoms with Crippen LogP contribution in [0.25, 0.3) is 0 Å². The predicted octanol–water partition coefficient (Wildman–Crippen LogP) is 3.37. The van der Waals surface area contributed by atoms with Gasteiger partial charge in [0.05, 0.1) is 0 Å². The summed E-state index contributed by atoms with van der Waals surface area (Å²) in [4.78, 5) is 2.44. The first kappa shape index (κ1) is 10.8. The molecular formula is C9H20Sn. The van der Waals surface area contributed by atoms with Gasteiger partial charge >= 0.3 is 76.0 Å². The van der Waals surface area contributed by atoms with Crippen LogP contribution in [0.15, 0.2) is 0 Å². The average molecular weight is 247 g/mol. The molecule has 0 nitrogen and oxygen atoms in total. The van der Waals surface area contributed by atoms with Gasteiger partial charge in [-0.15, -0.1) is 0 Å². The molecule has 0 fully saturated rings. The van der Waals surface area contributed by atoms with Gasteiger partial charge < -0.3 is 0 Å². The zero-order valence-electron chi connectivity index (χ0n) is 7.61. The van der Waals surface area contributed by atoms with Crippen LogP contribution < -0.4 is 0 Å². The molecule has 0 aliphatic heterocycles. The second-order valence-electron chi connectivity index (χ2n) is 3.35. The first-order chi connectivity index (χ1) is 4.77. The summed E-state index contributed by atoms with van der Waals surface area (Å²) in [5, 5.41) is 0. The van der Waals surface area contributed by atoms with Gasteiger partial charge in [0, 0.05) is 0 Å². The fourth-order valence-electron chi connectivity index (χ4n) is 1.03. The summed E-state index contributed by atoms with van der Waals surface area (Å²) >= 11 is 0.144. The van der Waals surface area contributed by atoms with E-state index in [0.29, 0.717) is 0 Å². The molecule has 0 N–H and O–H groups in total. The van der Waals surface area contributed by atoms with Gasteiger partial charge in [-0.3, -0.25) is 0 Å². The molecule has 0 saturated carbocycles. The molecule has 0 amide bonds. The van der Waals surface area contributed by atoms with Crippen molar-refractivity contribution in [2.75, 3.05) is 0 Å². The van der Waals surface area contributed by atoms with Crippen LogP contribution in [-0.2, 0) is 0 Å². The summed E-state index contributed by atoms with van der Waals surface area (Å²) in [5.74, 6) is 0.918. The summed E-state index contributed by atoms with van der Waals surface area (Å²) in [5.41, 5.74) is 0. The van der Waals surface area contributed by atoms with Crippen LogP contribution in [-0.4, -0.2) is 21.1 Å². The molecule has 0 atom stereocenters. The molecule has 0 heterocycles. The first-order valence-electron chi connectivity index (χ1n) is 4.42. The van der Waals surface area contributed by atoms with Gasteiger partial charge in [0.2, 0.25) is 0 Å². The molecule has 0 unspecified atom stereocenters. The standard InChI is InChI=1S/C8H17.CH3.Sn/c1-4-5-6-7-8(2)3;;/h8H,1,4-7H2,2-3H3;1H3;. The van der Waals surface area contributed by atoms with Crippen molar-refractivity contribution in [3.8, 4) is 0 Å². The van der Waals surface area contributed by atoms with Crippen molar-refractivity contribution in [1.82, 2.24) is 0 Å². The molecule has 0 rings (SSSR count). The monoisotopic (exact) mass is 248 g/mol. The molecular weight excluding hydrogens is 227 g/mol. The summed E-state index contributed by atoms with van der Waals surface area (Å²) < 4.78 is 1.60. The van der Waals surface area contributed by atoms with Gasteiger partial charge in [-0.1, -0.05) is 0 Å². The van der Waals surface area contributed by atoms with Crippen molar-refractivity contribution in [3.05, 3.63) is 0 Å². The fraction of sp³-hybridized carbons (Fsp3) is 1.00. The van der Waals surface area contributed by atoms with E-state index in [1.165, 1.54) is 25.7 Å². The van der Waals surface area contributed by atoms with Crippen LogP contribution >= 0.6 is 0 Å². The maximum absolute atomic E-state index is 2.44. The zero-order chi connectivity index (χ0) is 7.82. The Bertz CT molecular complexity index is 59.7. The normalized spacial score (nSPS) is 10.8. The average Bonchev–Trinajstić information content (AvgIpc) is 1.87. The molecule has 0 bridgehead atoms. The van der Waals surface area contributed by atoms with E-state index >= 15 is 0 Å². The van der Waals surface area contributed by atoms with Crippen molar-refractivity contribution < 1.29 is 0 Å². The molecule has 0 aliphatic rings. The third-order valence-corrected chi connectivity index (χ3v) is 4.14. The van der Waals surface area contributed by atoms with E-state index in [2.05, 4.69) is 18.8 Å². The third-order valence-electron chi connectivity index (χ3n) is 1.71. The molecule has 0 spiro atoms. The molecule has 0 aromatic heterocycles. The van der Waals surface area contributed by atoms with Gasteiger partial charge in [-0.2, -0.15) is 0 Å². The maximum atomic E-state index is 2.44. The Morgan fingerprint density at radius 1 is 1.10 bits per heavy atom. The van der Waals surface area contributed by atoms with Crippen molar-refractivity contribution in [2.24, 2.45) is 5.92 Å². The van der Waals surface area contributed by atoms with Crippen LogP contribution in [0.1, 0.15) is 39.5 Å². The van der Waals surface area contributed by atoms with Crippen molar-refractivity contribution in [3.63, 3.8) is 0 Å². The minimum atomic E-state index is 0.144. The molecule has 0 aromatic carbocycles. The molecule has 0 aromatic rings. The van der Waals surface area contributed by atoms with Crippen LogP contribution in [0.2, 0.25) is 9.38 Å². The van der Waals surface area contributed by atoms with E-state index in [0.717, 1.165) is 5.92 Å². The Hall–Kier alpha value is 0.799. The molecule has 60 valence electrons. The SMILES string of the molecule is [CH3][Sn][CH2]CCCCC(C)C. The summed E-state index contributed by atoms with van der Waals surface area (Å²) in [6.07, 6.45) is 5.92. The van der Waals surface area contributed by atoms with E-state index in [1.54, 1.807) is 4.44 Å². The summed E-state index contributed by atoms with van der Waals surface area (Å²) in [6, 6.07) is 0.